The van der Waals surface area contributed by atoms with Gasteiger partial charge in [0.1, 0.15) is 5.82 Å². The predicted octanol–water partition coefficient (Wildman–Crippen LogP) is 3.94. The standard InChI is InChI=1S/C17H18ClFN2O/c1-12(17(22)20-15-8-5-7-14(18)10-15)21(2)11-13-6-3-4-9-16(13)19/h3-10,12H,11H2,1-2H3,(H,20,22)/t12-/m0/s1. The van der Waals surface area contributed by atoms with E-state index in [0.717, 1.165) is 0 Å². The maximum absolute atomic E-state index is 13.7. The lowest BCUT2D eigenvalue weighted by Crippen LogP contribution is -2.39. The van der Waals surface area contributed by atoms with E-state index in [2.05, 4.69) is 5.32 Å². The highest BCUT2D eigenvalue weighted by molar-refractivity contribution is 6.30. The van der Waals surface area contributed by atoms with Crippen molar-refractivity contribution in [3.05, 3.63) is 64.9 Å². The van der Waals surface area contributed by atoms with Gasteiger partial charge >= 0.3 is 0 Å². The zero-order valence-corrected chi connectivity index (χ0v) is 13.3. The summed E-state index contributed by atoms with van der Waals surface area (Å²) in [4.78, 5) is 14.0. The maximum atomic E-state index is 13.7. The Morgan fingerprint density at radius 1 is 1.27 bits per heavy atom. The van der Waals surface area contributed by atoms with Crippen LogP contribution in [-0.4, -0.2) is 23.9 Å². The van der Waals surface area contributed by atoms with Gasteiger partial charge in [0, 0.05) is 22.8 Å². The van der Waals surface area contributed by atoms with Crippen molar-refractivity contribution in [1.82, 2.24) is 4.90 Å². The molecule has 5 heteroatoms. The molecule has 0 bridgehead atoms. The van der Waals surface area contributed by atoms with Crippen molar-refractivity contribution in [3.8, 4) is 0 Å². The third-order valence-corrected chi connectivity index (χ3v) is 3.75. The van der Waals surface area contributed by atoms with Gasteiger partial charge in [0.25, 0.3) is 0 Å². The largest absolute Gasteiger partial charge is 0.325 e. The number of likely N-dealkylation sites (N-methyl/N-ethyl adjacent to an activating group) is 1. The van der Waals surface area contributed by atoms with E-state index in [1.54, 1.807) is 61.3 Å². The summed E-state index contributed by atoms with van der Waals surface area (Å²) in [5, 5.41) is 3.37. The van der Waals surface area contributed by atoms with Crippen LogP contribution in [0.2, 0.25) is 5.02 Å². The number of anilines is 1. The molecule has 0 spiro atoms. The van der Waals surface area contributed by atoms with Crippen molar-refractivity contribution in [2.45, 2.75) is 19.5 Å². The number of hydrogen-bond acceptors (Lipinski definition) is 2. The van der Waals surface area contributed by atoms with Gasteiger partial charge in [-0.2, -0.15) is 0 Å². The summed E-state index contributed by atoms with van der Waals surface area (Å²) in [5.74, 6) is -0.432. The summed E-state index contributed by atoms with van der Waals surface area (Å²) in [5.41, 5.74) is 1.20. The second kappa shape index (κ2) is 7.38. The minimum Gasteiger partial charge on any atom is -0.325 e. The zero-order valence-electron chi connectivity index (χ0n) is 12.5. The lowest BCUT2D eigenvalue weighted by atomic mass is 10.1. The molecule has 1 N–H and O–H groups in total. The van der Waals surface area contributed by atoms with E-state index >= 15 is 0 Å². The van der Waals surface area contributed by atoms with E-state index in [1.165, 1.54) is 6.07 Å². The molecule has 2 rings (SSSR count). The van der Waals surface area contributed by atoms with E-state index in [9.17, 15) is 9.18 Å². The predicted molar refractivity (Wildman–Crippen MR) is 87.4 cm³/mol. The third kappa shape index (κ3) is 4.29. The van der Waals surface area contributed by atoms with Crippen LogP contribution in [0, 0.1) is 5.82 Å². The maximum Gasteiger partial charge on any atom is 0.241 e. The van der Waals surface area contributed by atoms with Crippen LogP contribution in [0.5, 0.6) is 0 Å². The van der Waals surface area contributed by atoms with Crippen molar-refractivity contribution in [3.63, 3.8) is 0 Å². The van der Waals surface area contributed by atoms with Crippen molar-refractivity contribution in [2.24, 2.45) is 0 Å². The fraction of sp³-hybridized carbons (Fsp3) is 0.235. The van der Waals surface area contributed by atoms with Crippen molar-refractivity contribution >= 4 is 23.2 Å². The van der Waals surface area contributed by atoms with Gasteiger partial charge in [-0.3, -0.25) is 9.69 Å². The molecule has 0 saturated carbocycles. The number of hydrogen-bond donors (Lipinski definition) is 1. The molecule has 22 heavy (non-hydrogen) atoms. The Bertz CT molecular complexity index is 663. The van der Waals surface area contributed by atoms with Gasteiger partial charge < -0.3 is 5.32 Å². The fourth-order valence-electron chi connectivity index (χ4n) is 2.05. The highest BCUT2D eigenvalue weighted by Gasteiger charge is 2.19. The SMILES string of the molecule is C[C@@H](C(=O)Nc1cccc(Cl)c1)N(C)Cc1ccccc1F. The van der Waals surface area contributed by atoms with Gasteiger partial charge in [0.15, 0.2) is 0 Å². The fourth-order valence-corrected chi connectivity index (χ4v) is 2.24. The van der Waals surface area contributed by atoms with Gasteiger partial charge in [-0.05, 0) is 38.2 Å². The molecule has 0 unspecified atom stereocenters. The lowest BCUT2D eigenvalue weighted by molar-refractivity contribution is -0.120. The number of halogens is 2. The van der Waals surface area contributed by atoms with Gasteiger partial charge in [-0.25, -0.2) is 4.39 Å². The highest BCUT2D eigenvalue weighted by atomic mass is 35.5. The van der Waals surface area contributed by atoms with Gasteiger partial charge in [-0.1, -0.05) is 35.9 Å². The molecule has 0 radical (unpaired) electrons. The number of carbonyl (C=O) groups is 1. The Kier molecular flexibility index (Phi) is 5.52. The van der Waals surface area contributed by atoms with E-state index in [1.807, 2.05) is 0 Å². The summed E-state index contributed by atoms with van der Waals surface area (Å²) < 4.78 is 13.7. The van der Waals surface area contributed by atoms with Gasteiger partial charge in [-0.15, -0.1) is 0 Å². The van der Waals surface area contributed by atoms with Crippen LogP contribution in [0.1, 0.15) is 12.5 Å². The summed E-state index contributed by atoms with van der Waals surface area (Å²) in [6.45, 7) is 2.14. The number of rotatable bonds is 5. The van der Waals surface area contributed by atoms with Crippen molar-refractivity contribution < 1.29 is 9.18 Å². The lowest BCUT2D eigenvalue weighted by Gasteiger charge is -2.24. The van der Waals surface area contributed by atoms with Gasteiger partial charge in [0.2, 0.25) is 5.91 Å². The number of benzene rings is 2. The number of nitrogens with zero attached hydrogens (tertiary/aromatic N) is 1. The van der Waals surface area contributed by atoms with Crippen LogP contribution in [0.15, 0.2) is 48.5 Å². The van der Waals surface area contributed by atoms with Crippen LogP contribution in [-0.2, 0) is 11.3 Å². The quantitative estimate of drug-likeness (QED) is 0.905. The average Bonchev–Trinajstić information content (AvgIpc) is 2.48. The second-order valence-electron chi connectivity index (χ2n) is 5.18. The monoisotopic (exact) mass is 320 g/mol. The number of amides is 1. The van der Waals surface area contributed by atoms with Crippen molar-refractivity contribution in [1.29, 1.82) is 0 Å². The summed E-state index contributed by atoms with van der Waals surface area (Å²) in [6.07, 6.45) is 0. The molecule has 0 fully saturated rings. The molecule has 0 aliphatic carbocycles. The first kappa shape index (κ1) is 16.5. The molecular weight excluding hydrogens is 303 g/mol. The molecule has 0 aliphatic heterocycles. The molecule has 1 amide bonds. The highest BCUT2D eigenvalue weighted by Crippen LogP contribution is 2.16. The molecule has 0 saturated heterocycles. The zero-order chi connectivity index (χ0) is 16.1. The van der Waals surface area contributed by atoms with E-state index in [-0.39, 0.29) is 11.7 Å². The molecule has 0 aromatic heterocycles. The first-order valence-corrected chi connectivity index (χ1v) is 7.35. The topological polar surface area (TPSA) is 32.3 Å². The molecule has 0 aliphatic rings. The molecule has 2 aromatic rings. The van der Waals surface area contributed by atoms with E-state index < -0.39 is 6.04 Å². The van der Waals surface area contributed by atoms with Crippen LogP contribution < -0.4 is 5.32 Å². The Balaban J connectivity index is 1.99. The van der Waals surface area contributed by atoms with Crippen molar-refractivity contribution in [2.75, 3.05) is 12.4 Å². The summed E-state index contributed by atoms with van der Waals surface area (Å²) >= 11 is 5.89. The Hall–Kier alpha value is -1.91. The average molecular weight is 321 g/mol. The molecule has 1 atom stereocenters. The normalized spacial score (nSPS) is 12.2. The van der Waals surface area contributed by atoms with Crippen LogP contribution in [0.25, 0.3) is 0 Å². The van der Waals surface area contributed by atoms with Gasteiger partial charge in [0.05, 0.1) is 6.04 Å². The molecule has 3 nitrogen and oxygen atoms in total. The minimum absolute atomic E-state index is 0.166. The smallest absolute Gasteiger partial charge is 0.241 e. The third-order valence-electron chi connectivity index (χ3n) is 3.51. The summed E-state index contributed by atoms with van der Waals surface area (Å²) in [6, 6.07) is 13.1. The van der Waals surface area contributed by atoms with E-state index in [4.69, 9.17) is 11.6 Å². The molecular formula is C17H18ClFN2O. The number of nitrogens with one attached hydrogen (secondary N) is 1. The van der Waals surface area contributed by atoms with E-state index in [0.29, 0.717) is 22.8 Å². The minimum atomic E-state index is -0.404. The molecule has 116 valence electrons. The molecule has 2 aromatic carbocycles. The van der Waals surface area contributed by atoms with Crippen LogP contribution in [0.3, 0.4) is 0 Å². The Morgan fingerprint density at radius 2 is 2.00 bits per heavy atom. The summed E-state index contributed by atoms with van der Waals surface area (Å²) in [7, 11) is 1.79. The Morgan fingerprint density at radius 3 is 2.68 bits per heavy atom. The number of carbonyl (C=O) groups excluding carboxylic acids is 1. The first-order valence-electron chi connectivity index (χ1n) is 6.97. The first-order chi connectivity index (χ1) is 10.5. The van der Waals surface area contributed by atoms with Crippen LogP contribution in [0.4, 0.5) is 10.1 Å². The molecule has 0 heterocycles. The Labute approximate surface area is 134 Å². The van der Waals surface area contributed by atoms with Crippen LogP contribution >= 0.6 is 11.6 Å². The second-order valence-corrected chi connectivity index (χ2v) is 5.62.